The zero-order valence-electron chi connectivity index (χ0n) is 11.5. The average molecular weight is 241 g/mol. The van der Waals surface area contributed by atoms with Crippen LogP contribution in [0.2, 0.25) is 0 Å². The number of carbonyl (C=O) groups excluding carboxylic acids is 1. The lowest BCUT2D eigenvalue weighted by Crippen LogP contribution is -2.42. The van der Waals surface area contributed by atoms with Crippen LogP contribution in [0.15, 0.2) is 5.10 Å². The third kappa shape index (κ3) is 5.06. The second-order valence-corrected chi connectivity index (χ2v) is 5.48. The molecule has 0 aromatic rings. The number of hydrogen-bond donors (Lipinski definition) is 0. The van der Waals surface area contributed by atoms with E-state index in [1.165, 1.54) is 0 Å². The highest BCUT2D eigenvalue weighted by molar-refractivity contribution is 5.86. The largest absolute Gasteiger partial charge is 0.444 e. The summed E-state index contributed by atoms with van der Waals surface area (Å²) in [5, 5.41) is 6.18. The second kappa shape index (κ2) is 5.38. The highest BCUT2D eigenvalue weighted by Gasteiger charge is 2.25. The van der Waals surface area contributed by atoms with Gasteiger partial charge in [0.1, 0.15) is 5.60 Å². The Labute approximate surface area is 103 Å². The summed E-state index contributed by atoms with van der Waals surface area (Å²) in [6.07, 6.45) is 1.44. The minimum atomic E-state index is -0.422. The lowest BCUT2D eigenvalue weighted by molar-refractivity contribution is 0.0249. The van der Waals surface area contributed by atoms with Crippen molar-refractivity contribution in [3.05, 3.63) is 0 Å². The van der Waals surface area contributed by atoms with E-state index < -0.39 is 5.60 Å². The smallest absolute Gasteiger partial charge is 0.410 e. The fourth-order valence-corrected chi connectivity index (χ4v) is 1.66. The van der Waals surface area contributed by atoms with Crippen molar-refractivity contribution in [3.63, 3.8) is 0 Å². The molecule has 98 valence electrons. The molecule has 5 nitrogen and oxygen atoms in total. The summed E-state index contributed by atoms with van der Waals surface area (Å²) in [5.74, 6) is 0. The topological polar surface area (TPSA) is 45.1 Å². The van der Waals surface area contributed by atoms with Crippen molar-refractivity contribution < 1.29 is 9.53 Å². The third-order valence-electron chi connectivity index (χ3n) is 2.33. The van der Waals surface area contributed by atoms with Gasteiger partial charge in [-0.2, -0.15) is 5.10 Å². The first kappa shape index (κ1) is 13.8. The van der Waals surface area contributed by atoms with Crippen molar-refractivity contribution >= 4 is 11.8 Å². The Hall–Kier alpha value is -1.26. The van der Waals surface area contributed by atoms with E-state index in [-0.39, 0.29) is 6.09 Å². The molecule has 1 amide bonds. The number of likely N-dealkylation sites (tertiary alicyclic amines) is 1. The van der Waals surface area contributed by atoms with Crippen LogP contribution < -0.4 is 0 Å². The molecule has 0 aromatic heterocycles. The summed E-state index contributed by atoms with van der Waals surface area (Å²) in [4.78, 5) is 13.5. The molecule has 5 heteroatoms. The molecule has 0 aromatic carbocycles. The summed E-state index contributed by atoms with van der Waals surface area (Å²) in [6.45, 7) is 7.04. The Morgan fingerprint density at radius 1 is 1.29 bits per heavy atom. The maximum atomic E-state index is 11.8. The molecule has 1 aliphatic heterocycles. The van der Waals surface area contributed by atoms with Crippen LogP contribution in [0, 0.1) is 0 Å². The van der Waals surface area contributed by atoms with E-state index in [0.29, 0.717) is 13.1 Å². The Morgan fingerprint density at radius 2 is 1.82 bits per heavy atom. The van der Waals surface area contributed by atoms with Crippen molar-refractivity contribution in [2.24, 2.45) is 5.10 Å². The highest BCUT2D eigenvalue weighted by atomic mass is 16.6. The number of hydrogen-bond acceptors (Lipinski definition) is 4. The van der Waals surface area contributed by atoms with Crippen molar-refractivity contribution in [3.8, 4) is 0 Å². The number of hydrazone groups is 1. The normalized spacial score (nSPS) is 16.8. The first-order valence-corrected chi connectivity index (χ1v) is 5.99. The standard InChI is InChI=1S/C12H23N3O2/c1-12(2,3)17-11(16)15-8-6-10(7-9-15)13-14(4)5/h6-9H2,1-5H3. The summed E-state index contributed by atoms with van der Waals surface area (Å²) in [7, 11) is 3.82. The SMILES string of the molecule is CN(C)N=C1CCN(C(=O)OC(C)(C)C)CC1. The number of nitrogens with zero attached hydrogens (tertiary/aromatic N) is 3. The van der Waals surface area contributed by atoms with E-state index in [9.17, 15) is 4.79 Å². The maximum Gasteiger partial charge on any atom is 0.410 e. The summed E-state index contributed by atoms with van der Waals surface area (Å²) < 4.78 is 5.33. The van der Waals surface area contributed by atoms with E-state index in [2.05, 4.69) is 5.10 Å². The Bertz CT molecular complexity index is 295. The molecule has 0 radical (unpaired) electrons. The fraction of sp³-hybridized carbons (Fsp3) is 0.833. The first-order chi connectivity index (χ1) is 7.78. The highest BCUT2D eigenvalue weighted by Crippen LogP contribution is 2.14. The zero-order valence-corrected chi connectivity index (χ0v) is 11.5. The quantitative estimate of drug-likeness (QED) is 0.659. The van der Waals surface area contributed by atoms with Crippen LogP contribution in [0.4, 0.5) is 4.79 Å². The minimum absolute atomic E-state index is 0.221. The number of carbonyl (C=O) groups is 1. The van der Waals surface area contributed by atoms with Gasteiger partial charge in [-0.3, -0.25) is 0 Å². The van der Waals surface area contributed by atoms with Crippen molar-refractivity contribution in [2.75, 3.05) is 27.2 Å². The Kier molecular flexibility index (Phi) is 4.37. The van der Waals surface area contributed by atoms with E-state index in [1.807, 2.05) is 34.9 Å². The summed E-state index contributed by atoms with van der Waals surface area (Å²) in [6, 6.07) is 0. The minimum Gasteiger partial charge on any atom is -0.444 e. The number of amides is 1. The van der Waals surface area contributed by atoms with Gasteiger partial charge in [0.2, 0.25) is 0 Å². The molecule has 1 heterocycles. The van der Waals surface area contributed by atoms with E-state index in [1.54, 1.807) is 9.91 Å². The Morgan fingerprint density at radius 3 is 2.24 bits per heavy atom. The molecular formula is C12H23N3O2. The molecule has 0 unspecified atom stereocenters. The average Bonchev–Trinajstić information content (AvgIpc) is 2.15. The van der Waals surface area contributed by atoms with Gasteiger partial charge in [0, 0.05) is 45.7 Å². The molecule has 0 aliphatic carbocycles. The van der Waals surface area contributed by atoms with Gasteiger partial charge in [-0.15, -0.1) is 0 Å². The zero-order chi connectivity index (χ0) is 13.1. The maximum absolute atomic E-state index is 11.8. The van der Waals surface area contributed by atoms with E-state index in [4.69, 9.17) is 4.74 Å². The van der Waals surface area contributed by atoms with Crippen molar-refractivity contribution in [1.82, 2.24) is 9.91 Å². The van der Waals surface area contributed by atoms with Crippen LogP contribution in [-0.4, -0.2) is 54.5 Å². The monoisotopic (exact) mass is 241 g/mol. The van der Waals surface area contributed by atoms with Gasteiger partial charge >= 0.3 is 6.09 Å². The molecule has 0 atom stereocenters. The second-order valence-electron chi connectivity index (χ2n) is 5.48. The molecule has 0 bridgehead atoms. The summed E-state index contributed by atoms with van der Waals surface area (Å²) >= 11 is 0. The molecule has 0 N–H and O–H groups in total. The Balaban J connectivity index is 2.44. The fourth-order valence-electron chi connectivity index (χ4n) is 1.66. The first-order valence-electron chi connectivity index (χ1n) is 5.99. The predicted octanol–water partition coefficient (Wildman–Crippen LogP) is 1.93. The van der Waals surface area contributed by atoms with Gasteiger partial charge in [0.05, 0.1) is 0 Å². The van der Waals surface area contributed by atoms with Crippen LogP contribution in [0.1, 0.15) is 33.6 Å². The molecule has 17 heavy (non-hydrogen) atoms. The van der Waals surface area contributed by atoms with E-state index in [0.717, 1.165) is 18.6 Å². The summed E-state index contributed by atoms with van der Waals surface area (Å²) in [5.41, 5.74) is 0.726. The number of rotatable bonds is 1. The lowest BCUT2D eigenvalue weighted by atomic mass is 10.1. The van der Waals surface area contributed by atoms with Crippen LogP contribution in [-0.2, 0) is 4.74 Å². The molecule has 0 spiro atoms. The van der Waals surface area contributed by atoms with Gasteiger partial charge in [-0.05, 0) is 20.8 Å². The van der Waals surface area contributed by atoms with Gasteiger partial charge in [0.25, 0.3) is 0 Å². The van der Waals surface area contributed by atoms with Crippen molar-refractivity contribution in [1.29, 1.82) is 0 Å². The van der Waals surface area contributed by atoms with Crippen LogP contribution in [0.3, 0.4) is 0 Å². The van der Waals surface area contributed by atoms with Gasteiger partial charge in [0.15, 0.2) is 0 Å². The lowest BCUT2D eigenvalue weighted by Gasteiger charge is -2.30. The van der Waals surface area contributed by atoms with Gasteiger partial charge < -0.3 is 14.6 Å². The third-order valence-corrected chi connectivity index (χ3v) is 2.33. The van der Waals surface area contributed by atoms with E-state index >= 15 is 0 Å². The van der Waals surface area contributed by atoms with Crippen molar-refractivity contribution in [2.45, 2.75) is 39.2 Å². The molecule has 1 rings (SSSR count). The molecule has 1 fully saturated rings. The van der Waals surface area contributed by atoms with Crippen LogP contribution in [0.25, 0.3) is 0 Å². The van der Waals surface area contributed by atoms with Gasteiger partial charge in [-0.1, -0.05) is 0 Å². The number of piperidine rings is 1. The predicted molar refractivity (Wildman–Crippen MR) is 68.2 cm³/mol. The molecular weight excluding hydrogens is 218 g/mol. The van der Waals surface area contributed by atoms with Crippen LogP contribution >= 0.6 is 0 Å². The molecule has 0 saturated carbocycles. The number of ether oxygens (including phenoxy) is 1. The van der Waals surface area contributed by atoms with Gasteiger partial charge in [-0.25, -0.2) is 4.79 Å². The van der Waals surface area contributed by atoms with Crippen LogP contribution in [0.5, 0.6) is 0 Å². The molecule has 1 saturated heterocycles. The molecule has 1 aliphatic rings.